The number of allylic oxidation sites excluding steroid dienone is 2. The van der Waals surface area contributed by atoms with Gasteiger partial charge in [-0.05, 0) is 42.3 Å². The molecule has 1 aromatic carbocycles. The van der Waals surface area contributed by atoms with Crippen molar-refractivity contribution in [3.63, 3.8) is 0 Å². The summed E-state index contributed by atoms with van der Waals surface area (Å²) in [5.74, 6) is -5.15. The fraction of sp³-hybridized carbons (Fsp3) is 0.312. The van der Waals surface area contributed by atoms with E-state index >= 15 is 0 Å². The zero-order valence-electron chi connectivity index (χ0n) is 13.4. The molecule has 0 saturated heterocycles. The van der Waals surface area contributed by atoms with E-state index in [1.165, 1.54) is 12.1 Å². The van der Waals surface area contributed by atoms with Crippen molar-refractivity contribution in [1.29, 1.82) is 0 Å². The zero-order chi connectivity index (χ0) is 18.8. The Morgan fingerprint density at radius 2 is 1.92 bits per heavy atom. The fourth-order valence-electron chi connectivity index (χ4n) is 2.91. The molecule has 0 spiro atoms. The average molecular weight is 369 g/mol. The summed E-state index contributed by atoms with van der Waals surface area (Å²) in [5.41, 5.74) is 0.153. The van der Waals surface area contributed by atoms with E-state index in [1.807, 2.05) is 0 Å². The molecule has 1 aromatic rings. The van der Waals surface area contributed by atoms with Crippen molar-refractivity contribution in [3.8, 4) is 5.75 Å². The van der Waals surface area contributed by atoms with Gasteiger partial charge in [0.1, 0.15) is 11.5 Å². The van der Waals surface area contributed by atoms with E-state index in [1.54, 1.807) is 19.1 Å². The van der Waals surface area contributed by atoms with Gasteiger partial charge in [0.05, 0.1) is 11.6 Å². The number of aliphatic hydroxyl groups is 3. The number of phenols is 1. The van der Waals surface area contributed by atoms with E-state index in [0.29, 0.717) is 5.56 Å². The van der Waals surface area contributed by atoms with Gasteiger partial charge in [0.25, 0.3) is 0 Å². The van der Waals surface area contributed by atoms with Crippen LogP contribution in [0.15, 0.2) is 53.0 Å². The highest BCUT2D eigenvalue weighted by atomic mass is 31.2. The van der Waals surface area contributed by atoms with E-state index in [0.717, 1.165) is 18.2 Å². The number of hydrogen-bond acceptors (Lipinski definition) is 5. The van der Waals surface area contributed by atoms with Crippen molar-refractivity contribution >= 4 is 13.5 Å². The second-order valence-corrected chi connectivity index (χ2v) is 7.01. The summed E-state index contributed by atoms with van der Waals surface area (Å²) in [7, 11) is -4.82. The van der Waals surface area contributed by atoms with Gasteiger partial charge in [0.15, 0.2) is 5.79 Å². The van der Waals surface area contributed by atoms with Gasteiger partial charge in [-0.1, -0.05) is 19.1 Å². The molecule has 9 heteroatoms. The molecule has 2 unspecified atom stereocenters. The standard InChI is InChI=1S/C16H20NO7P/c1-2-13(10-4-3-5-11(18)8-10)16(20,21)14-9-12(19)6-7-15(14)17-25(22,23)24/h3-9,13-14,18-21H,2H2,1H3,(H2,22,23,24). The summed E-state index contributed by atoms with van der Waals surface area (Å²) in [4.78, 5) is 18.2. The molecule has 2 atom stereocenters. The summed E-state index contributed by atoms with van der Waals surface area (Å²) in [6, 6.07) is 5.94. The first-order valence-electron chi connectivity index (χ1n) is 7.52. The molecular formula is C16H20NO7P. The molecule has 2 rings (SSSR count). The molecule has 0 aromatic heterocycles. The van der Waals surface area contributed by atoms with Crippen LogP contribution in [0, 0.1) is 5.92 Å². The Kier molecular flexibility index (Phi) is 5.51. The second-order valence-electron chi connectivity index (χ2n) is 5.78. The van der Waals surface area contributed by atoms with E-state index in [-0.39, 0.29) is 23.6 Å². The van der Waals surface area contributed by atoms with Crippen LogP contribution >= 0.6 is 7.75 Å². The van der Waals surface area contributed by atoms with Gasteiger partial charge in [0, 0.05) is 5.92 Å². The molecule has 136 valence electrons. The molecule has 8 nitrogen and oxygen atoms in total. The summed E-state index contributed by atoms with van der Waals surface area (Å²) < 4.78 is 14.5. The highest BCUT2D eigenvalue weighted by Crippen LogP contribution is 2.42. The third-order valence-electron chi connectivity index (χ3n) is 3.98. The van der Waals surface area contributed by atoms with Crippen LogP contribution in [0.3, 0.4) is 0 Å². The molecule has 0 aliphatic heterocycles. The quantitative estimate of drug-likeness (QED) is 0.342. The summed E-state index contributed by atoms with van der Waals surface area (Å²) >= 11 is 0. The molecular weight excluding hydrogens is 349 g/mol. The van der Waals surface area contributed by atoms with Crippen LogP contribution in [0.2, 0.25) is 0 Å². The Balaban J connectivity index is 2.51. The lowest BCUT2D eigenvalue weighted by Gasteiger charge is -2.37. The van der Waals surface area contributed by atoms with Crippen molar-refractivity contribution < 1.29 is 34.8 Å². The minimum Gasteiger partial charge on any atom is -0.508 e. The normalized spacial score (nSPS) is 21.2. The van der Waals surface area contributed by atoms with Gasteiger partial charge >= 0.3 is 7.75 Å². The number of rotatable bonds is 5. The minimum absolute atomic E-state index is 0.0576. The van der Waals surface area contributed by atoms with Crippen LogP contribution in [-0.2, 0) is 4.57 Å². The van der Waals surface area contributed by atoms with E-state index < -0.39 is 25.4 Å². The van der Waals surface area contributed by atoms with Gasteiger partial charge < -0.3 is 30.2 Å². The first-order valence-corrected chi connectivity index (χ1v) is 9.09. The number of phenolic OH excluding ortho intramolecular Hbond substituents is 1. The predicted octanol–water partition coefficient (Wildman–Crippen LogP) is 1.73. The number of benzene rings is 1. The lowest BCUT2D eigenvalue weighted by atomic mass is 9.77. The van der Waals surface area contributed by atoms with Gasteiger partial charge in [-0.15, -0.1) is 0 Å². The molecule has 25 heavy (non-hydrogen) atoms. The molecule has 0 amide bonds. The van der Waals surface area contributed by atoms with Crippen molar-refractivity contribution in [2.24, 2.45) is 10.7 Å². The largest absolute Gasteiger partial charge is 0.508 e. The Hall–Kier alpha value is -1.96. The van der Waals surface area contributed by atoms with Gasteiger partial charge in [0.2, 0.25) is 0 Å². The van der Waals surface area contributed by atoms with Gasteiger partial charge in [-0.3, -0.25) is 0 Å². The predicted molar refractivity (Wildman–Crippen MR) is 91.1 cm³/mol. The highest BCUT2D eigenvalue weighted by Gasteiger charge is 2.45. The minimum atomic E-state index is -4.82. The first kappa shape index (κ1) is 19.4. The summed E-state index contributed by atoms with van der Waals surface area (Å²) in [5, 5.41) is 40.9. The Morgan fingerprint density at radius 3 is 2.48 bits per heavy atom. The third kappa shape index (κ3) is 4.56. The Morgan fingerprint density at radius 1 is 1.24 bits per heavy atom. The lowest BCUT2D eigenvalue weighted by Crippen LogP contribution is -2.46. The van der Waals surface area contributed by atoms with E-state index in [9.17, 15) is 25.0 Å². The van der Waals surface area contributed by atoms with Crippen molar-refractivity contribution in [2.45, 2.75) is 25.0 Å². The zero-order valence-corrected chi connectivity index (χ0v) is 14.3. The Bertz CT molecular complexity index is 778. The maximum absolute atomic E-state index is 11.2. The molecule has 1 aliphatic rings. The maximum atomic E-state index is 11.2. The van der Waals surface area contributed by atoms with Crippen molar-refractivity contribution in [3.05, 3.63) is 53.8 Å². The molecule has 0 bridgehead atoms. The number of aliphatic hydroxyl groups excluding tert-OH is 1. The van der Waals surface area contributed by atoms with Crippen LogP contribution in [-0.4, -0.2) is 41.7 Å². The second kappa shape index (κ2) is 7.11. The fourth-order valence-corrected chi connectivity index (χ4v) is 3.40. The van der Waals surface area contributed by atoms with Crippen LogP contribution in [0.1, 0.15) is 24.8 Å². The van der Waals surface area contributed by atoms with E-state index in [2.05, 4.69) is 4.76 Å². The number of hydrogen-bond donors (Lipinski definition) is 6. The third-order valence-corrected chi connectivity index (χ3v) is 4.47. The molecule has 0 radical (unpaired) electrons. The number of aromatic hydroxyl groups is 1. The molecule has 0 heterocycles. The van der Waals surface area contributed by atoms with Crippen LogP contribution in [0.25, 0.3) is 0 Å². The average Bonchev–Trinajstić information content (AvgIpc) is 2.48. The lowest BCUT2D eigenvalue weighted by molar-refractivity contribution is -0.192. The molecule has 1 aliphatic carbocycles. The highest BCUT2D eigenvalue weighted by molar-refractivity contribution is 7.50. The molecule has 0 saturated carbocycles. The summed E-state index contributed by atoms with van der Waals surface area (Å²) in [6.45, 7) is 1.69. The van der Waals surface area contributed by atoms with E-state index in [4.69, 9.17) is 9.79 Å². The first-order chi connectivity index (χ1) is 11.5. The monoisotopic (exact) mass is 369 g/mol. The van der Waals surface area contributed by atoms with Crippen LogP contribution in [0.5, 0.6) is 5.75 Å². The Labute approximate surface area is 144 Å². The van der Waals surface area contributed by atoms with Crippen molar-refractivity contribution in [2.75, 3.05) is 0 Å². The molecule has 0 fully saturated rings. The van der Waals surface area contributed by atoms with Gasteiger partial charge in [-0.2, -0.15) is 4.76 Å². The maximum Gasteiger partial charge on any atom is 0.448 e. The van der Waals surface area contributed by atoms with Crippen LogP contribution in [0.4, 0.5) is 0 Å². The smallest absolute Gasteiger partial charge is 0.448 e. The van der Waals surface area contributed by atoms with Crippen LogP contribution < -0.4 is 0 Å². The SMILES string of the molecule is CCC(c1cccc(O)c1)C(O)(O)C1C=C(O)C=CC1=NP(=O)(O)O. The van der Waals surface area contributed by atoms with Gasteiger partial charge in [-0.25, -0.2) is 4.57 Å². The summed E-state index contributed by atoms with van der Waals surface area (Å²) in [6.07, 6.45) is 3.58. The van der Waals surface area contributed by atoms with Crippen molar-refractivity contribution in [1.82, 2.24) is 0 Å². The topological polar surface area (TPSA) is 151 Å². The molecule has 6 N–H and O–H groups in total. The number of nitrogens with zero attached hydrogens (tertiary/aromatic N) is 1.